The number of carboxylic acid groups (broad SMARTS) is 1. The maximum atomic E-state index is 10.9. The van der Waals surface area contributed by atoms with Gasteiger partial charge in [-0.25, -0.2) is 0 Å². The molecule has 0 amide bonds. The van der Waals surface area contributed by atoms with E-state index in [-0.39, 0.29) is 0 Å². The molecule has 0 unspecified atom stereocenters. The first-order valence-corrected chi connectivity index (χ1v) is 4.94. The van der Waals surface area contributed by atoms with Crippen molar-refractivity contribution in [2.24, 2.45) is 11.1 Å². The van der Waals surface area contributed by atoms with Crippen LogP contribution in [0.3, 0.4) is 0 Å². The fraction of sp³-hybridized carbons (Fsp3) is 0.778. The zero-order valence-corrected chi connectivity index (χ0v) is 9.73. The molecule has 0 spiro atoms. The van der Waals surface area contributed by atoms with Crippen LogP contribution < -0.4 is 5.73 Å². The Morgan fingerprint density at radius 1 is 1.57 bits per heavy atom. The van der Waals surface area contributed by atoms with Gasteiger partial charge in [0, 0.05) is 13.1 Å². The molecule has 0 atom stereocenters. The van der Waals surface area contributed by atoms with Gasteiger partial charge in [-0.15, -0.1) is 0 Å². The fourth-order valence-electron chi connectivity index (χ4n) is 1.13. The summed E-state index contributed by atoms with van der Waals surface area (Å²) in [6.45, 7) is 7.01. The summed E-state index contributed by atoms with van der Waals surface area (Å²) in [5.41, 5.74) is 4.64. The van der Waals surface area contributed by atoms with Crippen LogP contribution in [0.4, 0.5) is 0 Å². The third kappa shape index (κ3) is 4.53. The molecular weight excluding hydrogens is 200 g/mol. The minimum atomic E-state index is -0.807. The van der Waals surface area contributed by atoms with Crippen LogP contribution in [-0.2, 0) is 4.79 Å². The van der Waals surface area contributed by atoms with Gasteiger partial charge in [0.25, 0.3) is 0 Å². The second-order valence-corrected chi connectivity index (χ2v) is 4.48. The summed E-state index contributed by atoms with van der Waals surface area (Å²) in [4.78, 5) is 13.2. The Kier molecular flexibility index (Phi) is 5.01. The Morgan fingerprint density at radius 3 is 2.36 bits per heavy atom. The summed E-state index contributed by atoms with van der Waals surface area (Å²) >= 11 is 4.78. The maximum absolute atomic E-state index is 10.9. The average Bonchev–Trinajstić information content (AvgIpc) is 2.01. The molecule has 82 valence electrons. The van der Waals surface area contributed by atoms with E-state index in [4.69, 9.17) is 23.1 Å². The standard InChI is InChI=1S/C9H18N2O2S/c1-4-11(5-7(10)14)6-9(2,3)8(12)13/h4-6H2,1-3H3,(H2,10,14)(H,12,13). The summed E-state index contributed by atoms with van der Waals surface area (Å²) in [6, 6.07) is 0. The third-order valence-electron chi connectivity index (χ3n) is 2.02. The summed E-state index contributed by atoms with van der Waals surface area (Å²) < 4.78 is 0. The molecule has 4 nitrogen and oxygen atoms in total. The second kappa shape index (κ2) is 5.26. The van der Waals surface area contributed by atoms with Crippen LogP contribution in [0.15, 0.2) is 0 Å². The Hall–Kier alpha value is -0.680. The first-order chi connectivity index (χ1) is 6.29. The lowest BCUT2D eigenvalue weighted by Gasteiger charge is -2.28. The number of carboxylic acids is 1. The van der Waals surface area contributed by atoms with Crippen molar-refractivity contribution in [1.29, 1.82) is 0 Å². The van der Waals surface area contributed by atoms with Gasteiger partial charge in [-0.3, -0.25) is 9.69 Å². The lowest BCUT2D eigenvalue weighted by molar-refractivity contribution is -0.147. The first kappa shape index (κ1) is 13.3. The number of hydrogen-bond acceptors (Lipinski definition) is 3. The molecule has 0 fully saturated rings. The lowest BCUT2D eigenvalue weighted by Crippen LogP contribution is -2.42. The molecule has 0 aliphatic rings. The Morgan fingerprint density at radius 2 is 2.07 bits per heavy atom. The van der Waals surface area contributed by atoms with E-state index in [0.29, 0.717) is 18.1 Å². The Bertz CT molecular complexity index is 229. The second-order valence-electron chi connectivity index (χ2n) is 3.96. The highest BCUT2D eigenvalue weighted by molar-refractivity contribution is 7.80. The minimum Gasteiger partial charge on any atom is -0.481 e. The van der Waals surface area contributed by atoms with E-state index in [2.05, 4.69) is 0 Å². The van der Waals surface area contributed by atoms with Gasteiger partial charge in [0.05, 0.1) is 10.4 Å². The highest BCUT2D eigenvalue weighted by atomic mass is 32.1. The van der Waals surface area contributed by atoms with E-state index in [1.54, 1.807) is 13.8 Å². The normalized spacial score (nSPS) is 11.7. The molecule has 0 aliphatic heterocycles. The van der Waals surface area contributed by atoms with Crippen molar-refractivity contribution in [2.75, 3.05) is 19.6 Å². The van der Waals surface area contributed by atoms with Crippen molar-refractivity contribution in [3.05, 3.63) is 0 Å². The van der Waals surface area contributed by atoms with Gasteiger partial charge in [-0.2, -0.15) is 0 Å². The van der Waals surface area contributed by atoms with Crippen molar-refractivity contribution < 1.29 is 9.90 Å². The molecule has 0 saturated carbocycles. The van der Waals surface area contributed by atoms with Crippen LogP contribution in [0.2, 0.25) is 0 Å². The van der Waals surface area contributed by atoms with E-state index in [1.807, 2.05) is 11.8 Å². The number of nitrogens with two attached hydrogens (primary N) is 1. The number of hydrogen-bond donors (Lipinski definition) is 2. The molecule has 14 heavy (non-hydrogen) atoms. The van der Waals surface area contributed by atoms with Crippen LogP contribution in [0.1, 0.15) is 20.8 Å². The van der Waals surface area contributed by atoms with Crippen molar-refractivity contribution in [3.63, 3.8) is 0 Å². The SMILES string of the molecule is CCN(CC(N)=S)CC(C)(C)C(=O)O. The molecule has 0 rings (SSSR count). The highest BCUT2D eigenvalue weighted by Crippen LogP contribution is 2.16. The zero-order chi connectivity index (χ0) is 11.4. The predicted octanol–water partition coefficient (Wildman–Crippen LogP) is 0.705. The van der Waals surface area contributed by atoms with Gasteiger partial charge in [0.1, 0.15) is 0 Å². The summed E-state index contributed by atoms with van der Waals surface area (Å²) in [6.07, 6.45) is 0. The predicted molar refractivity (Wildman–Crippen MR) is 60.3 cm³/mol. The molecule has 0 saturated heterocycles. The molecule has 5 heteroatoms. The summed E-state index contributed by atoms with van der Waals surface area (Å²) in [7, 11) is 0. The van der Waals surface area contributed by atoms with E-state index in [1.165, 1.54) is 0 Å². The minimum absolute atomic E-state index is 0.396. The van der Waals surface area contributed by atoms with Crippen molar-refractivity contribution in [2.45, 2.75) is 20.8 Å². The Balaban J connectivity index is 4.30. The maximum Gasteiger partial charge on any atom is 0.310 e. The van der Waals surface area contributed by atoms with Crippen molar-refractivity contribution in [3.8, 4) is 0 Å². The quantitative estimate of drug-likeness (QED) is 0.643. The molecule has 0 bridgehead atoms. The highest BCUT2D eigenvalue weighted by Gasteiger charge is 2.29. The van der Waals surface area contributed by atoms with Crippen LogP contribution >= 0.6 is 12.2 Å². The average molecular weight is 218 g/mol. The number of aliphatic carboxylic acids is 1. The van der Waals surface area contributed by atoms with Crippen molar-refractivity contribution >= 4 is 23.2 Å². The first-order valence-electron chi connectivity index (χ1n) is 4.53. The largest absolute Gasteiger partial charge is 0.481 e. The van der Waals surface area contributed by atoms with E-state index in [0.717, 1.165) is 6.54 Å². The molecule has 0 aromatic carbocycles. The van der Waals surface area contributed by atoms with Crippen LogP contribution in [0, 0.1) is 5.41 Å². The molecular formula is C9H18N2O2S. The molecule has 0 heterocycles. The van der Waals surface area contributed by atoms with Crippen molar-refractivity contribution in [1.82, 2.24) is 4.90 Å². The van der Waals surface area contributed by atoms with Gasteiger partial charge in [-0.1, -0.05) is 19.1 Å². The zero-order valence-electron chi connectivity index (χ0n) is 8.91. The molecule has 3 N–H and O–H groups in total. The van der Waals surface area contributed by atoms with Gasteiger partial charge < -0.3 is 10.8 Å². The fourth-order valence-corrected chi connectivity index (χ4v) is 1.31. The van der Waals surface area contributed by atoms with E-state index < -0.39 is 11.4 Å². The number of thiocarbonyl (C=S) groups is 1. The van der Waals surface area contributed by atoms with Gasteiger partial charge in [0.15, 0.2) is 0 Å². The molecule has 0 aromatic rings. The Labute approximate surface area is 90.1 Å². The van der Waals surface area contributed by atoms with Gasteiger partial charge in [0.2, 0.25) is 0 Å². The lowest BCUT2D eigenvalue weighted by atomic mass is 9.93. The van der Waals surface area contributed by atoms with Gasteiger partial charge >= 0.3 is 5.97 Å². The van der Waals surface area contributed by atoms with Gasteiger partial charge in [-0.05, 0) is 20.4 Å². The topological polar surface area (TPSA) is 66.6 Å². The van der Waals surface area contributed by atoms with Crippen LogP contribution in [-0.4, -0.2) is 40.6 Å². The van der Waals surface area contributed by atoms with Crippen LogP contribution in [0.5, 0.6) is 0 Å². The number of likely N-dealkylation sites (N-methyl/N-ethyl adjacent to an activating group) is 1. The molecule has 0 aromatic heterocycles. The molecule has 0 aliphatic carbocycles. The smallest absolute Gasteiger partial charge is 0.310 e. The third-order valence-corrected chi connectivity index (χ3v) is 2.15. The number of nitrogens with zero attached hydrogens (tertiary/aromatic N) is 1. The monoisotopic (exact) mass is 218 g/mol. The summed E-state index contributed by atoms with van der Waals surface area (Å²) in [5, 5.41) is 8.93. The van der Waals surface area contributed by atoms with Crippen LogP contribution in [0.25, 0.3) is 0 Å². The van der Waals surface area contributed by atoms with E-state index in [9.17, 15) is 4.79 Å². The van der Waals surface area contributed by atoms with E-state index >= 15 is 0 Å². The number of carbonyl (C=O) groups is 1. The summed E-state index contributed by atoms with van der Waals surface area (Å²) in [5.74, 6) is -0.807. The molecule has 0 radical (unpaired) electrons. The number of rotatable bonds is 6.